The number of rotatable bonds is 12. The van der Waals surface area contributed by atoms with Gasteiger partial charge in [-0.15, -0.1) is 17.2 Å². The van der Waals surface area contributed by atoms with Crippen LogP contribution in [0, 0.1) is 16.2 Å². The van der Waals surface area contributed by atoms with Crippen LogP contribution in [0.25, 0.3) is 41.5 Å². The van der Waals surface area contributed by atoms with E-state index < -0.39 is 30.9 Å². The molecule has 10 heteroatoms. The predicted molar refractivity (Wildman–Crippen MR) is 414 cm³/mol. The molecular formula is C80H110Cl2O3Si5-. The Kier molecular flexibility index (Phi) is 26.5. The zero-order chi connectivity index (χ0) is 63.2. The van der Waals surface area contributed by atoms with Crippen molar-refractivity contribution in [2.24, 2.45) is 16.2 Å². The van der Waals surface area contributed by atoms with E-state index >= 15 is 0 Å². The topological polar surface area (TPSA) is 94.5 Å². The van der Waals surface area contributed by atoms with Gasteiger partial charge in [-0.3, -0.25) is 0 Å². The molecule has 0 aliphatic heterocycles. The minimum atomic E-state index is -1.80. The van der Waals surface area contributed by atoms with E-state index in [0.29, 0.717) is 38.4 Å². The Morgan fingerprint density at radius 1 is 0.489 bits per heavy atom. The van der Waals surface area contributed by atoms with Crippen LogP contribution in [0.5, 0.6) is 0 Å². The quantitative estimate of drug-likeness (QED) is 0.0662. The predicted octanol–water partition coefficient (Wildman–Crippen LogP) is 22.4. The van der Waals surface area contributed by atoms with Gasteiger partial charge in [0.2, 0.25) is 0 Å². The van der Waals surface area contributed by atoms with E-state index in [9.17, 15) is 0 Å². The van der Waals surface area contributed by atoms with Gasteiger partial charge in [-0.25, -0.2) is 0 Å². The standard InChI is InChI=1S/C28H37Si2.2C15H21ClSi.C13H17Si.C9H8.3H2O/c1-28(2,3)20-30(6,26-16-15-21-11-7-9-13-24(21)26)27-23(17-18-29(4)5)19-22-12-8-10-14-25(22)27;2*1-15(2,3)11-17(4,16)14-10-9-12-7-5-6-8-13(12)14;1-14(2,3)10-11-8-12-6-4-5-7-13(12)9-11;1-2-5-9-7-3-6-8(9)4-1;;;/h7-16,19,26-27H,17-18,20H2,1-6H3;2*5-10,14H,11H2,1-4H3;4-9H,10H2,1-3H3;1-6H,7H2;3*1H2/q;;;-1;;;;. The summed E-state index contributed by atoms with van der Waals surface area (Å²) in [5.41, 5.74) is 23.7. The molecule has 0 heterocycles. The number of allylic oxidation sites excluding steroid dienone is 5. The second-order valence-corrected chi connectivity index (χ2v) is 56.9. The average Bonchev–Trinajstić information content (AvgIpc) is 1.54. The van der Waals surface area contributed by atoms with Gasteiger partial charge in [-0.2, -0.15) is 46.4 Å². The molecule has 0 amide bonds. The van der Waals surface area contributed by atoms with Crippen molar-refractivity contribution < 1.29 is 16.4 Å². The third-order valence-corrected chi connectivity index (χ3v) is 35.5. The smallest absolute Gasteiger partial charge is 0.165 e. The largest absolute Gasteiger partial charge is 0.412 e. The maximum atomic E-state index is 6.94. The van der Waals surface area contributed by atoms with Gasteiger partial charge in [0, 0.05) is 33.5 Å². The first-order chi connectivity index (χ1) is 40.8. The molecular weight excluding hydrogens is 1220 g/mol. The Labute approximate surface area is 560 Å². The minimum absolute atomic E-state index is 0. The van der Waals surface area contributed by atoms with Crippen molar-refractivity contribution in [2.75, 3.05) is 0 Å². The summed E-state index contributed by atoms with van der Waals surface area (Å²) in [6.07, 6.45) is 23.4. The molecule has 12 rings (SSSR count). The van der Waals surface area contributed by atoms with Crippen LogP contribution in [0.1, 0.15) is 152 Å². The molecule has 0 fully saturated rings. The van der Waals surface area contributed by atoms with Crippen molar-refractivity contribution >= 4 is 92.2 Å². The molecule has 0 saturated carbocycles. The van der Waals surface area contributed by atoms with Crippen molar-refractivity contribution in [3.8, 4) is 11.1 Å². The molecule has 3 nitrogen and oxygen atoms in total. The van der Waals surface area contributed by atoms with Crippen LogP contribution in [0.15, 0.2) is 188 Å². The molecule has 0 bridgehead atoms. The first-order valence-electron chi connectivity index (χ1n) is 32.5. The fraction of sp³-hybridized carbons (Fsp3) is 0.388. The highest BCUT2D eigenvalue weighted by Gasteiger charge is 2.50. The van der Waals surface area contributed by atoms with Crippen LogP contribution in [-0.4, -0.2) is 56.1 Å². The molecule has 5 aromatic rings. The number of fused-ring (bicyclic) bond motifs is 6. The van der Waals surface area contributed by atoms with Gasteiger partial charge in [-0.1, -0.05) is 320 Å². The minimum Gasteiger partial charge on any atom is -0.412 e. The fourth-order valence-corrected chi connectivity index (χ4v) is 34.9. The second kappa shape index (κ2) is 31.4. The number of hydrogen-bond acceptors (Lipinski definition) is 0. The van der Waals surface area contributed by atoms with Crippen molar-refractivity contribution in [3.05, 3.63) is 249 Å². The highest BCUT2D eigenvalue weighted by atomic mass is 35.6. The highest BCUT2D eigenvalue weighted by Crippen LogP contribution is 2.55. The SMILES string of the molecule is C1=Cc2ccccc2C1.CC(C)(C)C[Si](C)(Cl)C1C=Cc2ccccc21.CC(C)(C)C[Si](C)(Cl)C1C=Cc2ccccc21.C[Si](C)(C)Cc1cc2cc[cH-]cc-2c1.C[Si](C)CCC1=Cc2ccccc2C1[Si](C)(CC(C)(C)C)C1C=Cc2ccccc21.O.O.O. The molecule has 90 heavy (non-hydrogen) atoms. The maximum absolute atomic E-state index is 6.94. The Morgan fingerprint density at radius 3 is 1.37 bits per heavy atom. The van der Waals surface area contributed by atoms with E-state index in [4.69, 9.17) is 22.2 Å². The van der Waals surface area contributed by atoms with Gasteiger partial charge >= 0.3 is 0 Å². The van der Waals surface area contributed by atoms with E-state index in [-0.39, 0.29) is 25.2 Å². The monoisotopic (exact) mass is 1330 g/mol. The van der Waals surface area contributed by atoms with E-state index in [2.05, 4.69) is 327 Å². The summed E-state index contributed by atoms with van der Waals surface area (Å²) < 4.78 is 0. The molecule has 6 N–H and O–H groups in total. The molecule has 7 aliphatic rings. The molecule has 7 atom stereocenters. The van der Waals surface area contributed by atoms with Crippen LogP contribution in [0.2, 0.25) is 76.6 Å². The lowest BCUT2D eigenvalue weighted by Crippen LogP contribution is -2.47. The van der Waals surface area contributed by atoms with Gasteiger partial charge in [0.1, 0.15) is 0 Å². The van der Waals surface area contributed by atoms with Crippen LogP contribution in [-0.2, 0) is 12.5 Å². The van der Waals surface area contributed by atoms with Crippen LogP contribution in [0.4, 0.5) is 0 Å². The zero-order valence-corrected chi connectivity index (χ0v) is 64.2. The highest BCUT2D eigenvalue weighted by molar-refractivity contribution is 7.21. The normalized spacial score (nSPS) is 19.0. The summed E-state index contributed by atoms with van der Waals surface area (Å²) in [5.74, 6) is 0. The molecule has 5 aromatic carbocycles. The maximum Gasteiger partial charge on any atom is 0.165 e. The van der Waals surface area contributed by atoms with Crippen LogP contribution < -0.4 is 0 Å². The molecule has 7 aliphatic carbocycles. The number of benzene rings is 6. The van der Waals surface area contributed by atoms with Crippen molar-refractivity contribution in [3.63, 3.8) is 0 Å². The zero-order valence-electron chi connectivity index (χ0n) is 57.7. The molecule has 7 unspecified atom stereocenters. The Hall–Kier alpha value is -4.83. The lowest BCUT2D eigenvalue weighted by molar-refractivity contribution is 0.456. The molecule has 0 aromatic heterocycles. The van der Waals surface area contributed by atoms with E-state index in [1.54, 1.807) is 16.7 Å². The molecule has 483 valence electrons. The Bertz CT molecular complexity index is 3440. The first kappa shape index (κ1) is 75.9. The van der Waals surface area contributed by atoms with E-state index in [1.165, 1.54) is 85.8 Å². The van der Waals surface area contributed by atoms with Gasteiger partial charge in [-0.05, 0) is 108 Å². The van der Waals surface area contributed by atoms with Gasteiger partial charge in [0.25, 0.3) is 0 Å². The van der Waals surface area contributed by atoms with E-state index in [0.717, 1.165) is 18.5 Å². The fourth-order valence-electron chi connectivity index (χ4n) is 15.1. The van der Waals surface area contributed by atoms with Crippen molar-refractivity contribution in [1.29, 1.82) is 0 Å². The van der Waals surface area contributed by atoms with Gasteiger partial charge < -0.3 is 16.4 Å². The number of hydrogen-bond donors (Lipinski definition) is 0. The summed E-state index contributed by atoms with van der Waals surface area (Å²) in [6.45, 7) is 40.6. The van der Waals surface area contributed by atoms with Gasteiger partial charge in [0.05, 0.1) is 8.07 Å². The second-order valence-electron chi connectivity index (χ2n) is 31.7. The van der Waals surface area contributed by atoms with Crippen molar-refractivity contribution in [1.82, 2.24) is 0 Å². The average molecular weight is 1330 g/mol. The molecule has 1 radical (unpaired) electrons. The summed E-state index contributed by atoms with van der Waals surface area (Å²) in [5, 5.41) is 0. The Morgan fingerprint density at radius 2 is 0.911 bits per heavy atom. The van der Waals surface area contributed by atoms with E-state index in [1.807, 2.05) is 0 Å². The van der Waals surface area contributed by atoms with Crippen LogP contribution in [0.3, 0.4) is 0 Å². The first-order valence-corrected chi connectivity index (χ1v) is 49.3. The summed E-state index contributed by atoms with van der Waals surface area (Å²) in [6, 6.07) is 63.8. The lowest BCUT2D eigenvalue weighted by atomic mass is 10.0. The van der Waals surface area contributed by atoms with Crippen LogP contribution >= 0.6 is 22.2 Å². The third kappa shape index (κ3) is 20.3. The molecule has 0 spiro atoms. The summed E-state index contributed by atoms with van der Waals surface area (Å²) in [4.78, 5) is 0. The van der Waals surface area contributed by atoms with Gasteiger partial charge in [0.15, 0.2) is 14.8 Å². The van der Waals surface area contributed by atoms with Crippen molar-refractivity contribution in [2.45, 2.75) is 180 Å². The number of halogens is 2. The Balaban J connectivity index is 0.000000214. The summed E-state index contributed by atoms with van der Waals surface area (Å²) >= 11 is 13.9. The third-order valence-electron chi connectivity index (χ3n) is 17.8. The molecule has 0 saturated heterocycles. The lowest BCUT2D eigenvalue weighted by Gasteiger charge is -2.45. The summed E-state index contributed by atoms with van der Waals surface area (Å²) in [7, 11) is -6.52.